The average molecular weight is 317 g/mol. The fraction of sp³-hybridized carbons (Fsp3) is 0.294. The topological polar surface area (TPSA) is 70.8 Å². The molecule has 0 aromatic heterocycles. The quantitative estimate of drug-likeness (QED) is 0.404. The Morgan fingerprint density at radius 2 is 1.65 bits per heavy atom. The molecule has 0 saturated heterocycles. The van der Waals surface area contributed by atoms with Gasteiger partial charge >= 0.3 is 6.23 Å². The van der Waals surface area contributed by atoms with Gasteiger partial charge in [0.1, 0.15) is 12.4 Å². The highest BCUT2D eigenvalue weighted by atomic mass is 16.7. The van der Waals surface area contributed by atoms with Gasteiger partial charge in [0.15, 0.2) is 0 Å². The minimum atomic E-state index is -1.19. The minimum Gasteiger partial charge on any atom is -0.497 e. The summed E-state index contributed by atoms with van der Waals surface area (Å²) < 4.78 is 15.8. The molecule has 0 heterocycles. The van der Waals surface area contributed by atoms with Crippen molar-refractivity contribution in [2.75, 3.05) is 13.7 Å². The molecule has 1 atom stereocenters. The van der Waals surface area contributed by atoms with E-state index in [-0.39, 0.29) is 19.8 Å². The van der Waals surface area contributed by atoms with Crippen LogP contribution in [0.3, 0.4) is 0 Å². The van der Waals surface area contributed by atoms with Crippen molar-refractivity contribution in [3.8, 4) is 5.75 Å². The van der Waals surface area contributed by atoms with Crippen LogP contribution in [0.4, 0.5) is 0 Å². The molecule has 0 amide bonds. The fourth-order valence-corrected chi connectivity index (χ4v) is 1.94. The van der Waals surface area contributed by atoms with Crippen LogP contribution < -0.4 is 4.74 Å². The Morgan fingerprint density at radius 3 is 2.26 bits per heavy atom. The highest BCUT2D eigenvalue weighted by Gasteiger charge is 2.21. The van der Waals surface area contributed by atoms with Crippen molar-refractivity contribution in [3.63, 3.8) is 0 Å². The lowest BCUT2D eigenvalue weighted by molar-refractivity contribution is -0.581. The van der Waals surface area contributed by atoms with E-state index in [1.807, 2.05) is 54.6 Å². The zero-order valence-corrected chi connectivity index (χ0v) is 12.9. The van der Waals surface area contributed by atoms with Crippen molar-refractivity contribution in [2.24, 2.45) is 0 Å². The summed E-state index contributed by atoms with van der Waals surface area (Å²) >= 11 is 0. The van der Waals surface area contributed by atoms with E-state index in [1.165, 1.54) is 0 Å². The molecule has 0 fully saturated rings. The molecule has 1 unspecified atom stereocenters. The molecule has 0 aliphatic heterocycles. The summed E-state index contributed by atoms with van der Waals surface area (Å²) in [5.74, 6) is 0.753. The third kappa shape index (κ3) is 5.69. The van der Waals surface area contributed by atoms with Gasteiger partial charge < -0.3 is 14.2 Å². The molecule has 0 bridgehead atoms. The molecule has 6 heteroatoms. The number of hydrogen-bond acceptors (Lipinski definition) is 5. The maximum absolute atomic E-state index is 11.0. The van der Waals surface area contributed by atoms with Gasteiger partial charge in [0.05, 0.1) is 25.2 Å². The van der Waals surface area contributed by atoms with Crippen molar-refractivity contribution in [3.05, 3.63) is 75.8 Å². The minimum absolute atomic E-state index is 0.105. The Morgan fingerprint density at radius 1 is 1.00 bits per heavy atom. The van der Waals surface area contributed by atoms with E-state index >= 15 is 0 Å². The van der Waals surface area contributed by atoms with Crippen LogP contribution in [0.1, 0.15) is 11.1 Å². The zero-order valence-electron chi connectivity index (χ0n) is 12.9. The number of rotatable bonds is 9. The molecule has 0 N–H and O–H groups in total. The number of nitro groups is 1. The molecule has 0 radical (unpaired) electrons. The summed E-state index contributed by atoms with van der Waals surface area (Å²) in [7, 11) is 1.59. The second-order valence-corrected chi connectivity index (χ2v) is 4.90. The molecule has 23 heavy (non-hydrogen) atoms. The molecule has 122 valence electrons. The van der Waals surface area contributed by atoms with Gasteiger partial charge in [-0.25, -0.2) is 0 Å². The Labute approximate surface area is 134 Å². The maximum atomic E-state index is 11.0. The Balaban J connectivity index is 1.78. The Hall–Kier alpha value is -2.44. The molecule has 0 aliphatic rings. The van der Waals surface area contributed by atoms with Crippen LogP contribution in [0.5, 0.6) is 5.75 Å². The van der Waals surface area contributed by atoms with Gasteiger partial charge in [0.2, 0.25) is 0 Å². The predicted octanol–water partition coefficient (Wildman–Crippen LogP) is 3.03. The first kappa shape index (κ1) is 16.9. The number of hydrogen-bond donors (Lipinski definition) is 0. The largest absolute Gasteiger partial charge is 0.497 e. The van der Waals surface area contributed by atoms with Crippen molar-refractivity contribution >= 4 is 0 Å². The van der Waals surface area contributed by atoms with E-state index in [0.29, 0.717) is 0 Å². The van der Waals surface area contributed by atoms with Gasteiger partial charge in [0, 0.05) is 0 Å². The van der Waals surface area contributed by atoms with E-state index in [2.05, 4.69) is 0 Å². The van der Waals surface area contributed by atoms with Gasteiger partial charge in [0.25, 0.3) is 0 Å². The predicted molar refractivity (Wildman–Crippen MR) is 84.7 cm³/mol. The van der Waals surface area contributed by atoms with Crippen LogP contribution in [0, 0.1) is 10.1 Å². The van der Waals surface area contributed by atoms with Crippen LogP contribution in [-0.2, 0) is 22.7 Å². The molecule has 6 nitrogen and oxygen atoms in total. The monoisotopic (exact) mass is 317 g/mol. The van der Waals surface area contributed by atoms with Crippen molar-refractivity contribution in [1.82, 2.24) is 0 Å². The first-order valence-corrected chi connectivity index (χ1v) is 7.18. The summed E-state index contributed by atoms with van der Waals surface area (Å²) in [6, 6.07) is 16.7. The third-order valence-corrected chi connectivity index (χ3v) is 3.21. The lowest BCUT2D eigenvalue weighted by Crippen LogP contribution is -2.28. The number of benzene rings is 2. The summed E-state index contributed by atoms with van der Waals surface area (Å²) in [6.45, 7) is 0.354. The lowest BCUT2D eigenvalue weighted by atomic mass is 10.2. The van der Waals surface area contributed by atoms with Crippen LogP contribution in [0.25, 0.3) is 0 Å². The van der Waals surface area contributed by atoms with Gasteiger partial charge in [-0.1, -0.05) is 42.5 Å². The van der Waals surface area contributed by atoms with Crippen LogP contribution in [-0.4, -0.2) is 24.9 Å². The van der Waals surface area contributed by atoms with Crippen molar-refractivity contribution < 1.29 is 19.1 Å². The summed E-state index contributed by atoms with van der Waals surface area (Å²) in [5, 5.41) is 11.0. The Kier molecular flexibility index (Phi) is 6.53. The molecular weight excluding hydrogens is 298 g/mol. The van der Waals surface area contributed by atoms with E-state index in [9.17, 15) is 10.1 Å². The van der Waals surface area contributed by atoms with E-state index < -0.39 is 11.2 Å². The highest BCUT2D eigenvalue weighted by Crippen LogP contribution is 2.12. The second kappa shape index (κ2) is 8.87. The normalized spacial score (nSPS) is 11.9. The van der Waals surface area contributed by atoms with Crippen LogP contribution in [0.2, 0.25) is 0 Å². The lowest BCUT2D eigenvalue weighted by Gasteiger charge is -2.11. The molecule has 2 aromatic carbocycles. The van der Waals surface area contributed by atoms with Gasteiger partial charge in [-0.15, -0.1) is 0 Å². The van der Waals surface area contributed by atoms with E-state index in [0.717, 1.165) is 16.9 Å². The van der Waals surface area contributed by atoms with Gasteiger partial charge in [-0.05, 0) is 23.3 Å². The average Bonchev–Trinajstić information content (AvgIpc) is 2.59. The molecular formula is C17H19NO5. The zero-order chi connectivity index (χ0) is 16.5. The molecule has 2 aromatic rings. The summed E-state index contributed by atoms with van der Waals surface area (Å²) in [4.78, 5) is 10.6. The first-order chi connectivity index (χ1) is 11.2. The second-order valence-electron chi connectivity index (χ2n) is 4.90. The molecule has 2 rings (SSSR count). The Bertz CT molecular complexity index is 600. The van der Waals surface area contributed by atoms with Gasteiger partial charge in [-0.3, -0.25) is 10.1 Å². The first-order valence-electron chi connectivity index (χ1n) is 7.18. The smallest absolute Gasteiger partial charge is 0.339 e. The van der Waals surface area contributed by atoms with Crippen molar-refractivity contribution in [1.29, 1.82) is 0 Å². The van der Waals surface area contributed by atoms with Crippen molar-refractivity contribution in [2.45, 2.75) is 19.4 Å². The number of methoxy groups -OCH3 is 1. The highest BCUT2D eigenvalue weighted by molar-refractivity contribution is 5.26. The van der Waals surface area contributed by atoms with Crippen LogP contribution in [0.15, 0.2) is 54.6 Å². The summed E-state index contributed by atoms with van der Waals surface area (Å²) in [5.41, 5.74) is 1.80. The third-order valence-electron chi connectivity index (χ3n) is 3.21. The SMILES string of the molecule is COc1ccc(COCC(OCc2ccccc2)[N+](=O)[O-])cc1. The van der Waals surface area contributed by atoms with Crippen LogP contribution >= 0.6 is 0 Å². The number of ether oxygens (including phenoxy) is 3. The molecule has 0 spiro atoms. The van der Waals surface area contributed by atoms with E-state index in [1.54, 1.807) is 7.11 Å². The molecule has 0 saturated carbocycles. The standard InChI is InChI=1S/C17H19NO5/c1-21-16-9-7-15(8-10-16)11-22-13-17(18(19)20)23-12-14-5-3-2-4-6-14/h2-10,17H,11-13H2,1H3. The maximum Gasteiger partial charge on any atom is 0.339 e. The number of nitrogens with zero attached hydrogens (tertiary/aromatic N) is 1. The van der Waals surface area contributed by atoms with E-state index in [4.69, 9.17) is 14.2 Å². The van der Waals surface area contributed by atoms with Gasteiger partial charge in [-0.2, -0.15) is 0 Å². The summed E-state index contributed by atoms with van der Waals surface area (Å²) in [6.07, 6.45) is -1.19. The fourth-order valence-electron chi connectivity index (χ4n) is 1.94. The molecule has 0 aliphatic carbocycles.